The standard InChI is InChI=1S/C10H9BrN2.C10H10BrNO2/c1-6-9-5-8(11)3-4-10(9)13-7(2)12-6;1-6(13)9-5-8(11)3-4-10(9)12-7(2)14/h3-5H,1-2H3;3-5H,1-2H3,(H,12,14). The van der Waals surface area contributed by atoms with Crippen LogP contribution >= 0.6 is 31.9 Å². The number of aryl methyl sites for hydroxylation is 2. The number of benzene rings is 2. The fourth-order valence-electron chi connectivity index (χ4n) is 2.50. The molecule has 3 rings (SSSR count). The summed E-state index contributed by atoms with van der Waals surface area (Å²) < 4.78 is 1.88. The third kappa shape index (κ3) is 5.94. The molecular weight excluding hydrogens is 474 g/mol. The van der Waals surface area contributed by atoms with E-state index >= 15 is 0 Å². The largest absolute Gasteiger partial charge is 0.326 e. The highest BCUT2D eigenvalue weighted by molar-refractivity contribution is 9.10. The highest BCUT2D eigenvalue weighted by Crippen LogP contribution is 2.22. The van der Waals surface area contributed by atoms with Crippen LogP contribution in [0.4, 0.5) is 5.69 Å². The van der Waals surface area contributed by atoms with Gasteiger partial charge in [-0.2, -0.15) is 0 Å². The van der Waals surface area contributed by atoms with Crippen LogP contribution in [-0.4, -0.2) is 21.7 Å². The molecular formula is C20H19Br2N3O2. The van der Waals surface area contributed by atoms with E-state index in [9.17, 15) is 9.59 Å². The lowest BCUT2D eigenvalue weighted by atomic mass is 10.1. The van der Waals surface area contributed by atoms with Gasteiger partial charge in [-0.25, -0.2) is 9.97 Å². The molecule has 0 saturated carbocycles. The molecule has 0 aliphatic carbocycles. The molecule has 140 valence electrons. The van der Waals surface area contributed by atoms with E-state index in [2.05, 4.69) is 47.1 Å². The van der Waals surface area contributed by atoms with Crippen molar-refractivity contribution in [2.45, 2.75) is 27.7 Å². The quantitative estimate of drug-likeness (QED) is 0.471. The Morgan fingerprint density at radius 2 is 1.56 bits per heavy atom. The summed E-state index contributed by atoms with van der Waals surface area (Å²) in [6.45, 7) is 6.79. The number of ketones is 1. The van der Waals surface area contributed by atoms with E-state index in [1.807, 2.05) is 32.0 Å². The summed E-state index contributed by atoms with van der Waals surface area (Å²) in [4.78, 5) is 30.7. The summed E-state index contributed by atoms with van der Waals surface area (Å²) in [5.41, 5.74) is 3.10. The number of carbonyl (C=O) groups excluding carboxylic acids is 2. The Morgan fingerprint density at radius 1 is 0.926 bits per heavy atom. The predicted octanol–water partition coefficient (Wildman–Crippen LogP) is 5.62. The van der Waals surface area contributed by atoms with Gasteiger partial charge in [-0.3, -0.25) is 9.59 Å². The molecule has 0 bridgehead atoms. The number of amides is 1. The second-order valence-corrected chi connectivity index (χ2v) is 7.78. The average molecular weight is 493 g/mol. The van der Waals surface area contributed by atoms with Crippen molar-refractivity contribution in [3.05, 3.63) is 62.4 Å². The Kier molecular flexibility index (Phi) is 7.21. The van der Waals surface area contributed by atoms with Crippen molar-refractivity contribution in [3.8, 4) is 0 Å². The van der Waals surface area contributed by atoms with Gasteiger partial charge >= 0.3 is 0 Å². The zero-order valence-electron chi connectivity index (χ0n) is 15.4. The van der Waals surface area contributed by atoms with Gasteiger partial charge in [0.25, 0.3) is 0 Å². The minimum atomic E-state index is -0.185. The van der Waals surface area contributed by atoms with E-state index in [1.165, 1.54) is 13.8 Å². The van der Waals surface area contributed by atoms with Crippen molar-refractivity contribution < 1.29 is 9.59 Å². The molecule has 1 aromatic heterocycles. The molecule has 1 amide bonds. The average Bonchev–Trinajstić information content (AvgIpc) is 2.57. The molecule has 0 atom stereocenters. The van der Waals surface area contributed by atoms with Gasteiger partial charge in [0.2, 0.25) is 5.91 Å². The molecule has 7 heteroatoms. The topological polar surface area (TPSA) is 72.0 Å². The SMILES string of the molecule is CC(=O)Nc1ccc(Br)cc1C(C)=O.Cc1nc(C)c2cc(Br)ccc2n1. The maximum absolute atomic E-state index is 11.2. The summed E-state index contributed by atoms with van der Waals surface area (Å²) in [6, 6.07) is 11.2. The number of carbonyl (C=O) groups is 2. The number of fused-ring (bicyclic) bond motifs is 1. The third-order valence-corrected chi connectivity index (χ3v) is 4.62. The summed E-state index contributed by atoms with van der Waals surface area (Å²) in [6.07, 6.45) is 0. The molecule has 27 heavy (non-hydrogen) atoms. The Labute approximate surface area is 174 Å². The van der Waals surface area contributed by atoms with Gasteiger partial charge in [-0.15, -0.1) is 0 Å². The first kappa shape index (κ1) is 21.2. The Morgan fingerprint density at radius 3 is 2.19 bits per heavy atom. The zero-order valence-corrected chi connectivity index (χ0v) is 18.6. The van der Waals surface area contributed by atoms with E-state index in [0.29, 0.717) is 11.3 Å². The van der Waals surface area contributed by atoms with Crippen molar-refractivity contribution in [1.82, 2.24) is 9.97 Å². The first-order chi connectivity index (χ1) is 12.7. The number of halogens is 2. The van der Waals surface area contributed by atoms with E-state index in [0.717, 1.165) is 31.4 Å². The summed E-state index contributed by atoms with van der Waals surface area (Å²) in [7, 11) is 0. The molecule has 0 aliphatic rings. The van der Waals surface area contributed by atoms with Crippen molar-refractivity contribution in [2.24, 2.45) is 0 Å². The van der Waals surface area contributed by atoms with Crippen LogP contribution in [0.2, 0.25) is 0 Å². The normalized spacial score (nSPS) is 10.1. The Balaban J connectivity index is 0.000000194. The molecule has 0 spiro atoms. The number of hydrogen-bond donors (Lipinski definition) is 1. The van der Waals surface area contributed by atoms with Gasteiger partial charge in [0.1, 0.15) is 5.82 Å². The Hall–Kier alpha value is -2.12. The van der Waals surface area contributed by atoms with Gasteiger partial charge in [0.15, 0.2) is 5.78 Å². The number of aromatic nitrogens is 2. The molecule has 0 radical (unpaired) electrons. The van der Waals surface area contributed by atoms with Gasteiger partial charge in [-0.05, 0) is 57.2 Å². The molecule has 3 aromatic rings. The first-order valence-electron chi connectivity index (χ1n) is 8.16. The van der Waals surface area contributed by atoms with Crippen LogP contribution in [0.25, 0.3) is 10.9 Å². The molecule has 0 aliphatic heterocycles. The van der Waals surface area contributed by atoms with E-state index in [1.54, 1.807) is 18.2 Å². The second kappa shape index (κ2) is 9.19. The van der Waals surface area contributed by atoms with E-state index in [4.69, 9.17) is 0 Å². The molecule has 0 saturated heterocycles. The highest BCUT2D eigenvalue weighted by Gasteiger charge is 2.08. The van der Waals surface area contributed by atoms with Gasteiger partial charge < -0.3 is 5.32 Å². The van der Waals surface area contributed by atoms with Gasteiger partial charge in [0, 0.05) is 32.5 Å². The number of Topliss-reactive ketones (excluding diaryl/α,β-unsaturated/α-hetero) is 1. The maximum Gasteiger partial charge on any atom is 0.221 e. The number of hydrogen-bond acceptors (Lipinski definition) is 4. The summed E-state index contributed by atoms with van der Waals surface area (Å²) >= 11 is 6.70. The van der Waals surface area contributed by atoms with E-state index < -0.39 is 0 Å². The van der Waals surface area contributed by atoms with Gasteiger partial charge in [-0.1, -0.05) is 31.9 Å². The highest BCUT2D eigenvalue weighted by atomic mass is 79.9. The lowest BCUT2D eigenvalue weighted by Gasteiger charge is -2.07. The Bertz CT molecular complexity index is 1020. The van der Waals surface area contributed by atoms with E-state index in [-0.39, 0.29) is 11.7 Å². The monoisotopic (exact) mass is 491 g/mol. The van der Waals surface area contributed by atoms with Crippen LogP contribution in [0.3, 0.4) is 0 Å². The maximum atomic E-state index is 11.2. The molecule has 1 heterocycles. The number of anilines is 1. The molecule has 1 N–H and O–H groups in total. The van der Waals surface area contributed by atoms with Gasteiger partial charge in [0.05, 0.1) is 11.2 Å². The number of rotatable bonds is 2. The van der Waals surface area contributed by atoms with Crippen LogP contribution in [0.1, 0.15) is 35.7 Å². The summed E-state index contributed by atoms with van der Waals surface area (Å²) in [5, 5.41) is 3.71. The minimum absolute atomic E-state index is 0.0740. The van der Waals surface area contributed by atoms with Crippen LogP contribution in [0.5, 0.6) is 0 Å². The van der Waals surface area contributed by atoms with Crippen molar-refractivity contribution in [1.29, 1.82) is 0 Å². The lowest BCUT2D eigenvalue weighted by molar-refractivity contribution is -0.114. The molecule has 0 fully saturated rings. The minimum Gasteiger partial charge on any atom is -0.326 e. The smallest absolute Gasteiger partial charge is 0.221 e. The van der Waals surface area contributed by atoms with Crippen molar-refractivity contribution in [3.63, 3.8) is 0 Å². The number of nitrogens with one attached hydrogen (secondary N) is 1. The zero-order chi connectivity index (χ0) is 20.1. The lowest BCUT2D eigenvalue weighted by Crippen LogP contribution is -2.09. The third-order valence-electron chi connectivity index (χ3n) is 3.63. The fourth-order valence-corrected chi connectivity index (χ4v) is 3.23. The molecule has 5 nitrogen and oxygen atoms in total. The van der Waals surface area contributed by atoms with Crippen LogP contribution in [-0.2, 0) is 4.79 Å². The fraction of sp³-hybridized carbons (Fsp3) is 0.200. The van der Waals surface area contributed by atoms with Crippen molar-refractivity contribution in [2.75, 3.05) is 5.32 Å². The molecule has 2 aromatic carbocycles. The van der Waals surface area contributed by atoms with Crippen LogP contribution in [0, 0.1) is 13.8 Å². The second-order valence-electron chi connectivity index (χ2n) is 5.94. The van der Waals surface area contributed by atoms with Crippen LogP contribution < -0.4 is 5.32 Å². The predicted molar refractivity (Wildman–Crippen MR) is 115 cm³/mol. The molecule has 0 unspecified atom stereocenters. The summed E-state index contributed by atoms with van der Waals surface area (Å²) in [5.74, 6) is 0.567. The van der Waals surface area contributed by atoms with Crippen LogP contribution in [0.15, 0.2) is 45.3 Å². The number of nitrogens with zero attached hydrogens (tertiary/aromatic N) is 2. The first-order valence-corrected chi connectivity index (χ1v) is 9.74. The van der Waals surface area contributed by atoms with Crippen molar-refractivity contribution >= 4 is 60.1 Å².